The van der Waals surface area contributed by atoms with E-state index in [9.17, 15) is 4.79 Å². The van der Waals surface area contributed by atoms with E-state index in [-0.39, 0.29) is 12.3 Å². The van der Waals surface area contributed by atoms with E-state index in [1.54, 1.807) is 31.4 Å². The number of benzene rings is 2. The lowest BCUT2D eigenvalue weighted by atomic mass is 10.1. The van der Waals surface area contributed by atoms with E-state index in [0.29, 0.717) is 33.2 Å². The molecule has 0 saturated heterocycles. The molecule has 0 unspecified atom stereocenters. The highest BCUT2D eigenvalue weighted by Crippen LogP contribution is 2.27. The number of rotatable bonds is 4. The molecule has 25 heavy (non-hydrogen) atoms. The number of amides is 1. The van der Waals surface area contributed by atoms with Gasteiger partial charge in [-0.05, 0) is 42.8 Å². The van der Waals surface area contributed by atoms with E-state index >= 15 is 0 Å². The zero-order valence-electron chi connectivity index (χ0n) is 13.6. The summed E-state index contributed by atoms with van der Waals surface area (Å²) in [7, 11) is 1.55. The summed E-state index contributed by atoms with van der Waals surface area (Å²) in [6.45, 7) is 1.85. The maximum atomic E-state index is 11.6. The number of carbonyl (C=O) groups is 1. The number of hydrogen-bond donors (Lipinski definition) is 1. The topological polar surface area (TPSA) is 92.8 Å². The maximum absolute atomic E-state index is 11.6. The first kappa shape index (κ1) is 16.7. The van der Waals surface area contributed by atoms with Gasteiger partial charge < -0.3 is 10.1 Å². The second kappa shape index (κ2) is 6.79. The molecule has 0 radical (unpaired) electrons. The lowest BCUT2D eigenvalue weighted by Crippen LogP contribution is -2.11. The first-order valence-electron chi connectivity index (χ1n) is 7.40. The van der Waals surface area contributed by atoms with Gasteiger partial charge in [0.05, 0.1) is 23.9 Å². The van der Waals surface area contributed by atoms with E-state index in [2.05, 4.69) is 15.5 Å². The van der Waals surface area contributed by atoms with Crippen LogP contribution < -0.4 is 10.1 Å². The Morgan fingerprint density at radius 3 is 2.68 bits per heavy atom. The quantitative estimate of drug-likeness (QED) is 0.775. The third kappa shape index (κ3) is 3.39. The number of carbonyl (C=O) groups excluding carboxylic acids is 1. The Kier molecular flexibility index (Phi) is 4.55. The zero-order valence-corrected chi connectivity index (χ0v) is 14.3. The van der Waals surface area contributed by atoms with E-state index in [0.717, 1.165) is 5.56 Å². The van der Waals surface area contributed by atoms with Crippen LogP contribution in [-0.2, 0) is 4.79 Å². The number of anilines is 1. The molecule has 1 amide bonds. The van der Waals surface area contributed by atoms with Crippen LogP contribution in [0, 0.1) is 18.3 Å². The van der Waals surface area contributed by atoms with Gasteiger partial charge in [0.2, 0.25) is 5.91 Å². The monoisotopic (exact) mass is 355 g/mol. The van der Waals surface area contributed by atoms with Crippen LogP contribution in [0.15, 0.2) is 30.3 Å². The molecule has 0 saturated carbocycles. The predicted molar refractivity (Wildman–Crippen MR) is 94.0 cm³/mol. The van der Waals surface area contributed by atoms with Gasteiger partial charge in [0, 0.05) is 5.69 Å². The Balaban J connectivity index is 1.99. The molecule has 1 aromatic heterocycles. The number of methoxy groups -OCH3 is 1. The Bertz CT molecular complexity index is 1010. The maximum Gasteiger partial charge on any atom is 0.238 e. The van der Waals surface area contributed by atoms with Crippen molar-refractivity contribution in [3.05, 3.63) is 40.9 Å². The fourth-order valence-electron chi connectivity index (χ4n) is 2.36. The summed E-state index contributed by atoms with van der Waals surface area (Å²) < 4.78 is 5.14. The van der Waals surface area contributed by atoms with Crippen LogP contribution in [0.3, 0.4) is 0 Å². The molecular formula is C17H14ClN5O2. The van der Waals surface area contributed by atoms with E-state index in [1.807, 2.05) is 19.1 Å². The minimum absolute atomic E-state index is 0.200. The van der Waals surface area contributed by atoms with Crippen molar-refractivity contribution >= 4 is 34.2 Å². The van der Waals surface area contributed by atoms with Crippen molar-refractivity contribution in [2.75, 3.05) is 12.4 Å². The number of fused-ring (bicyclic) bond motifs is 1. The van der Waals surface area contributed by atoms with Crippen molar-refractivity contribution in [2.24, 2.45) is 0 Å². The summed E-state index contributed by atoms with van der Waals surface area (Å²) in [4.78, 5) is 13.1. The third-order valence-electron chi connectivity index (χ3n) is 3.61. The number of nitrogens with one attached hydrogen (secondary N) is 1. The molecule has 0 aliphatic carbocycles. The molecule has 0 aliphatic heterocycles. The Labute approximate surface area is 148 Å². The molecule has 0 spiro atoms. The van der Waals surface area contributed by atoms with Crippen LogP contribution in [0.25, 0.3) is 16.7 Å². The summed E-state index contributed by atoms with van der Waals surface area (Å²) in [5.74, 6) is 0.208. The minimum Gasteiger partial charge on any atom is -0.495 e. The Morgan fingerprint density at radius 2 is 2.04 bits per heavy atom. The highest BCUT2D eigenvalue weighted by Gasteiger charge is 2.11. The first-order valence-corrected chi connectivity index (χ1v) is 7.78. The van der Waals surface area contributed by atoms with Gasteiger partial charge in [-0.2, -0.15) is 10.1 Å². The zero-order chi connectivity index (χ0) is 18.0. The predicted octanol–water partition coefficient (Wildman–Crippen LogP) is 3.24. The molecule has 3 rings (SSSR count). The highest BCUT2D eigenvalue weighted by atomic mass is 35.5. The van der Waals surface area contributed by atoms with Gasteiger partial charge in [-0.1, -0.05) is 11.6 Å². The number of hydrogen-bond acceptors (Lipinski definition) is 5. The largest absolute Gasteiger partial charge is 0.495 e. The number of aromatic nitrogens is 3. The fraction of sp³-hybridized carbons (Fsp3) is 0.176. The second-order valence-corrected chi connectivity index (χ2v) is 5.75. The van der Waals surface area contributed by atoms with E-state index in [1.165, 1.54) is 4.80 Å². The van der Waals surface area contributed by atoms with Crippen molar-refractivity contribution in [3.8, 4) is 17.5 Å². The molecule has 2 aromatic carbocycles. The summed E-state index contributed by atoms with van der Waals surface area (Å²) in [6, 6.07) is 10.6. The van der Waals surface area contributed by atoms with Crippen LogP contribution in [0.2, 0.25) is 5.02 Å². The number of aryl methyl sites for hydroxylation is 1. The molecule has 8 heteroatoms. The van der Waals surface area contributed by atoms with Crippen molar-refractivity contribution in [2.45, 2.75) is 13.3 Å². The molecule has 126 valence electrons. The third-order valence-corrected chi connectivity index (χ3v) is 3.90. The molecule has 1 N–H and O–H groups in total. The second-order valence-electron chi connectivity index (χ2n) is 5.35. The number of ether oxygens (including phenoxy) is 1. The van der Waals surface area contributed by atoms with Gasteiger partial charge in [0.25, 0.3) is 0 Å². The van der Waals surface area contributed by atoms with E-state index < -0.39 is 0 Å². The lowest BCUT2D eigenvalue weighted by molar-refractivity contribution is -0.115. The molecule has 7 nitrogen and oxygen atoms in total. The number of nitrogens with zero attached hydrogens (tertiary/aromatic N) is 4. The average molecular weight is 356 g/mol. The molecule has 1 heterocycles. The van der Waals surface area contributed by atoms with Gasteiger partial charge in [-0.15, -0.1) is 10.2 Å². The van der Waals surface area contributed by atoms with Gasteiger partial charge >= 0.3 is 0 Å². The molecule has 3 aromatic rings. The standard InChI is InChI=1S/C17H14ClN5O2/c1-10-7-14-15(9-13(10)20-17(24)5-6-19)22-23(21-14)11-3-4-16(25-2)12(18)8-11/h3-4,7-9H,5H2,1-2H3,(H,20,24). The SMILES string of the molecule is COc1ccc(-n2nc3cc(C)c(NC(=O)CC#N)cc3n2)cc1Cl. The fourth-order valence-corrected chi connectivity index (χ4v) is 2.62. The summed E-state index contributed by atoms with van der Waals surface area (Å²) in [5, 5.41) is 20.6. The lowest BCUT2D eigenvalue weighted by Gasteiger charge is -2.05. The Morgan fingerprint density at radius 1 is 1.32 bits per heavy atom. The van der Waals surface area contributed by atoms with Crippen LogP contribution in [-0.4, -0.2) is 28.0 Å². The van der Waals surface area contributed by atoms with Crippen molar-refractivity contribution in [1.29, 1.82) is 5.26 Å². The minimum atomic E-state index is -0.362. The van der Waals surface area contributed by atoms with Crippen LogP contribution in [0.1, 0.15) is 12.0 Å². The van der Waals surface area contributed by atoms with Crippen LogP contribution >= 0.6 is 11.6 Å². The smallest absolute Gasteiger partial charge is 0.238 e. The Hall–Kier alpha value is -3.11. The molecule has 0 atom stereocenters. The average Bonchev–Trinajstić information content (AvgIpc) is 2.98. The first-order chi connectivity index (χ1) is 12.0. The normalized spacial score (nSPS) is 10.5. The van der Waals surface area contributed by atoms with E-state index in [4.69, 9.17) is 21.6 Å². The van der Waals surface area contributed by atoms with Gasteiger partial charge in [-0.3, -0.25) is 4.79 Å². The summed E-state index contributed by atoms with van der Waals surface area (Å²) in [6.07, 6.45) is -0.200. The summed E-state index contributed by atoms with van der Waals surface area (Å²) >= 11 is 6.15. The van der Waals surface area contributed by atoms with Crippen molar-refractivity contribution < 1.29 is 9.53 Å². The van der Waals surface area contributed by atoms with Crippen molar-refractivity contribution in [1.82, 2.24) is 15.0 Å². The number of nitriles is 1. The highest BCUT2D eigenvalue weighted by molar-refractivity contribution is 6.32. The molecule has 0 aliphatic rings. The number of halogens is 1. The van der Waals surface area contributed by atoms with Gasteiger partial charge in [0.15, 0.2) is 0 Å². The van der Waals surface area contributed by atoms with Gasteiger partial charge in [0.1, 0.15) is 23.2 Å². The van der Waals surface area contributed by atoms with Gasteiger partial charge in [-0.25, -0.2) is 0 Å². The molecule has 0 fully saturated rings. The molecule has 0 bridgehead atoms. The molecular weight excluding hydrogens is 342 g/mol. The van der Waals surface area contributed by atoms with Crippen LogP contribution in [0.4, 0.5) is 5.69 Å². The van der Waals surface area contributed by atoms with Crippen molar-refractivity contribution in [3.63, 3.8) is 0 Å². The summed E-state index contributed by atoms with van der Waals surface area (Å²) in [5.41, 5.74) is 3.42. The van der Waals surface area contributed by atoms with Crippen LogP contribution in [0.5, 0.6) is 5.75 Å².